The second-order valence-corrected chi connectivity index (χ2v) is 5.08. The summed E-state index contributed by atoms with van der Waals surface area (Å²) >= 11 is 0. The minimum absolute atomic E-state index is 0.620. The zero-order chi connectivity index (χ0) is 12.9. The Kier molecular flexibility index (Phi) is 3.79. The summed E-state index contributed by atoms with van der Waals surface area (Å²) in [6.07, 6.45) is 6.38. The van der Waals surface area contributed by atoms with E-state index in [-0.39, 0.29) is 0 Å². The monoisotopic (exact) mass is 256 g/mol. The minimum atomic E-state index is 0.620. The van der Waals surface area contributed by atoms with Gasteiger partial charge in [0.1, 0.15) is 0 Å². The predicted octanol–water partition coefficient (Wildman–Crippen LogP) is 2.10. The largest absolute Gasteiger partial charge is 0.383 e. The first kappa shape index (κ1) is 12.2. The highest BCUT2D eigenvalue weighted by Gasteiger charge is 2.12. The SMILES string of the molecule is c1cc(Cn2cccn2)cc(NCC2CCCN2)c1. The molecule has 1 atom stereocenters. The van der Waals surface area contributed by atoms with Gasteiger partial charge >= 0.3 is 0 Å². The van der Waals surface area contributed by atoms with E-state index in [4.69, 9.17) is 0 Å². The number of hydrogen-bond donors (Lipinski definition) is 2. The van der Waals surface area contributed by atoms with Crippen LogP contribution in [0, 0.1) is 0 Å². The first-order chi connectivity index (χ1) is 9.40. The maximum Gasteiger partial charge on any atom is 0.0660 e. The summed E-state index contributed by atoms with van der Waals surface area (Å²) in [6, 6.07) is 11.1. The summed E-state index contributed by atoms with van der Waals surface area (Å²) in [5, 5.41) is 11.3. The van der Waals surface area contributed by atoms with Crippen LogP contribution < -0.4 is 10.6 Å². The van der Waals surface area contributed by atoms with Crippen molar-refractivity contribution < 1.29 is 0 Å². The van der Waals surface area contributed by atoms with E-state index in [1.165, 1.54) is 24.1 Å². The molecule has 0 saturated carbocycles. The van der Waals surface area contributed by atoms with Crippen LogP contribution in [0.15, 0.2) is 42.7 Å². The van der Waals surface area contributed by atoms with Gasteiger partial charge in [-0.25, -0.2) is 0 Å². The summed E-state index contributed by atoms with van der Waals surface area (Å²) in [5.41, 5.74) is 2.46. The molecule has 0 bridgehead atoms. The Labute approximate surface area is 113 Å². The van der Waals surface area contributed by atoms with Gasteiger partial charge in [-0.1, -0.05) is 12.1 Å². The average Bonchev–Trinajstić information content (AvgIpc) is 3.10. The molecule has 0 aliphatic carbocycles. The molecule has 1 fully saturated rings. The highest BCUT2D eigenvalue weighted by molar-refractivity contribution is 5.45. The lowest BCUT2D eigenvalue weighted by molar-refractivity contribution is 0.633. The minimum Gasteiger partial charge on any atom is -0.383 e. The van der Waals surface area contributed by atoms with Gasteiger partial charge in [-0.3, -0.25) is 4.68 Å². The fraction of sp³-hybridized carbons (Fsp3) is 0.400. The third kappa shape index (κ3) is 3.35. The van der Waals surface area contributed by atoms with E-state index >= 15 is 0 Å². The molecular weight excluding hydrogens is 236 g/mol. The number of rotatable bonds is 5. The van der Waals surface area contributed by atoms with E-state index < -0.39 is 0 Å². The smallest absolute Gasteiger partial charge is 0.0660 e. The number of hydrogen-bond acceptors (Lipinski definition) is 3. The Hall–Kier alpha value is -1.81. The van der Waals surface area contributed by atoms with E-state index in [1.807, 2.05) is 23.1 Å². The maximum atomic E-state index is 4.24. The van der Waals surface area contributed by atoms with Crippen LogP contribution in [-0.4, -0.2) is 28.9 Å². The molecule has 1 aliphatic rings. The second kappa shape index (κ2) is 5.89. The molecule has 19 heavy (non-hydrogen) atoms. The molecule has 100 valence electrons. The fourth-order valence-electron chi connectivity index (χ4n) is 2.53. The molecule has 2 N–H and O–H groups in total. The van der Waals surface area contributed by atoms with Crippen LogP contribution in [0.4, 0.5) is 5.69 Å². The average molecular weight is 256 g/mol. The lowest BCUT2D eigenvalue weighted by atomic mass is 10.2. The van der Waals surface area contributed by atoms with Gasteiger partial charge in [-0.05, 0) is 43.1 Å². The molecule has 4 nitrogen and oxygen atoms in total. The van der Waals surface area contributed by atoms with Crippen molar-refractivity contribution in [2.45, 2.75) is 25.4 Å². The normalized spacial score (nSPS) is 18.6. The second-order valence-electron chi connectivity index (χ2n) is 5.08. The van der Waals surface area contributed by atoms with E-state index in [9.17, 15) is 0 Å². The standard InChI is InChI=1S/C15H20N4/c1-4-13(12-19-9-3-8-18-19)10-14(5-1)17-11-15-6-2-7-16-15/h1,3-5,8-10,15-17H,2,6-7,11-12H2. The Morgan fingerprint density at radius 2 is 2.37 bits per heavy atom. The van der Waals surface area contributed by atoms with Crippen molar-refractivity contribution in [2.75, 3.05) is 18.4 Å². The van der Waals surface area contributed by atoms with Crippen molar-refractivity contribution in [1.29, 1.82) is 0 Å². The van der Waals surface area contributed by atoms with Crippen LogP contribution in [-0.2, 0) is 6.54 Å². The number of aromatic nitrogens is 2. The van der Waals surface area contributed by atoms with Gasteiger partial charge in [0.25, 0.3) is 0 Å². The Morgan fingerprint density at radius 3 is 3.16 bits per heavy atom. The van der Waals surface area contributed by atoms with Gasteiger partial charge in [0.05, 0.1) is 6.54 Å². The van der Waals surface area contributed by atoms with E-state index in [1.54, 1.807) is 0 Å². The molecule has 0 amide bonds. The van der Waals surface area contributed by atoms with Crippen LogP contribution in [0.3, 0.4) is 0 Å². The number of nitrogens with one attached hydrogen (secondary N) is 2. The first-order valence-electron chi connectivity index (χ1n) is 6.94. The number of benzene rings is 1. The molecule has 1 aromatic carbocycles. The molecule has 0 spiro atoms. The third-order valence-electron chi connectivity index (χ3n) is 3.55. The van der Waals surface area contributed by atoms with E-state index in [0.717, 1.165) is 19.6 Å². The molecule has 1 aromatic heterocycles. The van der Waals surface area contributed by atoms with Gasteiger partial charge in [-0.2, -0.15) is 5.10 Å². The van der Waals surface area contributed by atoms with Crippen molar-refractivity contribution in [3.8, 4) is 0 Å². The lowest BCUT2D eigenvalue weighted by Crippen LogP contribution is -2.29. The zero-order valence-corrected chi connectivity index (χ0v) is 11.0. The summed E-state index contributed by atoms with van der Waals surface area (Å²) in [7, 11) is 0. The van der Waals surface area contributed by atoms with Gasteiger partial charge in [0.15, 0.2) is 0 Å². The third-order valence-corrected chi connectivity index (χ3v) is 3.55. The first-order valence-corrected chi connectivity index (χ1v) is 6.94. The molecule has 4 heteroatoms. The van der Waals surface area contributed by atoms with Crippen LogP contribution in [0.1, 0.15) is 18.4 Å². The number of nitrogens with zero attached hydrogens (tertiary/aromatic N) is 2. The molecule has 2 aromatic rings. The van der Waals surface area contributed by atoms with Crippen LogP contribution >= 0.6 is 0 Å². The van der Waals surface area contributed by atoms with Crippen LogP contribution in [0.5, 0.6) is 0 Å². The predicted molar refractivity (Wildman–Crippen MR) is 77.3 cm³/mol. The topological polar surface area (TPSA) is 41.9 Å². The zero-order valence-electron chi connectivity index (χ0n) is 11.0. The van der Waals surface area contributed by atoms with Crippen LogP contribution in [0.25, 0.3) is 0 Å². The molecule has 3 rings (SSSR count). The summed E-state index contributed by atoms with van der Waals surface area (Å²) in [4.78, 5) is 0. The highest BCUT2D eigenvalue weighted by atomic mass is 15.3. The van der Waals surface area contributed by atoms with Gasteiger partial charge in [-0.15, -0.1) is 0 Å². The van der Waals surface area contributed by atoms with Crippen molar-refractivity contribution in [3.05, 3.63) is 48.3 Å². The Morgan fingerprint density at radius 1 is 1.37 bits per heavy atom. The molecular formula is C15H20N4. The van der Waals surface area contributed by atoms with Gasteiger partial charge in [0, 0.05) is 30.7 Å². The van der Waals surface area contributed by atoms with Crippen molar-refractivity contribution in [2.24, 2.45) is 0 Å². The van der Waals surface area contributed by atoms with E-state index in [0.29, 0.717) is 6.04 Å². The quantitative estimate of drug-likeness (QED) is 0.861. The molecule has 2 heterocycles. The summed E-state index contributed by atoms with van der Waals surface area (Å²) in [5.74, 6) is 0. The molecule has 1 unspecified atom stereocenters. The number of anilines is 1. The van der Waals surface area contributed by atoms with Crippen LogP contribution in [0.2, 0.25) is 0 Å². The van der Waals surface area contributed by atoms with Crippen molar-refractivity contribution in [3.63, 3.8) is 0 Å². The maximum absolute atomic E-state index is 4.24. The highest BCUT2D eigenvalue weighted by Crippen LogP contribution is 2.13. The summed E-state index contributed by atoms with van der Waals surface area (Å²) in [6.45, 7) is 2.99. The molecule has 1 saturated heterocycles. The van der Waals surface area contributed by atoms with Crippen molar-refractivity contribution >= 4 is 5.69 Å². The molecule has 0 radical (unpaired) electrons. The lowest BCUT2D eigenvalue weighted by Gasteiger charge is -2.13. The summed E-state index contributed by atoms with van der Waals surface area (Å²) < 4.78 is 1.94. The van der Waals surface area contributed by atoms with Gasteiger partial charge < -0.3 is 10.6 Å². The van der Waals surface area contributed by atoms with E-state index in [2.05, 4.69) is 40.0 Å². The van der Waals surface area contributed by atoms with Crippen molar-refractivity contribution in [1.82, 2.24) is 15.1 Å². The molecule has 1 aliphatic heterocycles. The Bertz CT molecular complexity index is 501. The Balaban J connectivity index is 1.59. The fourth-order valence-corrected chi connectivity index (χ4v) is 2.53. The van der Waals surface area contributed by atoms with Gasteiger partial charge in [0.2, 0.25) is 0 Å².